The highest BCUT2D eigenvalue weighted by molar-refractivity contribution is 6.03. The van der Waals surface area contributed by atoms with Crippen LogP contribution in [0.25, 0.3) is 10.9 Å². The molecule has 2 aromatic heterocycles. The van der Waals surface area contributed by atoms with E-state index in [0.29, 0.717) is 11.7 Å². The maximum atomic E-state index is 12.8. The van der Waals surface area contributed by atoms with Crippen LogP contribution in [0.3, 0.4) is 0 Å². The Morgan fingerprint density at radius 2 is 1.83 bits per heavy atom. The van der Waals surface area contributed by atoms with Crippen LogP contribution in [0.15, 0.2) is 42.6 Å². The Bertz CT molecular complexity index is 1010. The number of fused-ring (bicyclic) bond motifs is 1. The van der Waals surface area contributed by atoms with E-state index < -0.39 is 17.8 Å². The van der Waals surface area contributed by atoms with Crippen LogP contribution in [0, 0.1) is 0 Å². The number of amides is 1. The third kappa shape index (κ3) is 4.98. The van der Waals surface area contributed by atoms with Gasteiger partial charge in [0.05, 0.1) is 11.6 Å². The minimum Gasteiger partial charge on any atom is -0.321 e. The van der Waals surface area contributed by atoms with Gasteiger partial charge in [0.15, 0.2) is 0 Å². The molecule has 8 heteroatoms. The molecule has 0 bridgehead atoms. The fourth-order valence-corrected chi connectivity index (χ4v) is 3.57. The van der Waals surface area contributed by atoms with Gasteiger partial charge in [-0.25, -0.2) is 4.98 Å². The summed E-state index contributed by atoms with van der Waals surface area (Å²) in [6.45, 7) is 4.00. The molecule has 0 aliphatic heterocycles. The SMILES string of the molecule is CC.O=C(Nc1ccc2nn(C3CCCCC3)cc2c1)c1cccc(C(F)(F)F)n1. The van der Waals surface area contributed by atoms with Gasteiger partial charge in [0.25, 0.3) is 5.91 Å². The van der Waals surface area contributed by atoms with Gasteiger partial charge in [0.1, 0.15) is 11.4 Å². The van der Waals surface area contributed by atoms with Crippen molar-refractivity contribution in [2.24, 2.45) is 0 Å². The second kappa shape index (κ2) is 9.28. The fraction of sp³-hybridized carbons (Fsp3) is 0.409. The topological polar surface area (TPSA) is 59.8 Å². The van der Waals surface area contributed by atoms with Gasteiger partial charge in [-0.3, -0.25) is 9.48 Å². The van der Waals surface area contributed by atoms with E-state index in [9.17, 15) is 18.0 Å². The maximum Gasteiger partial charge on any atom is 0.433 e. The number of nitrogens with zero attached hydrogens (tertiary/aromatic N) is 3. The molecule has 4 rings (SSSR count). The van der Waals surface area contributed by atoms with E-state index in [2.05, 4.69) is 15.4 Å². The highest BCUT2D eigenvalue weighted by Gasteiger charge is 2.33. The largest absolute Gasteiger partial charge is 0.433 e. The Hall–Kier alpha value is -2.90. The second-order valence-electron chi connectivity index (χ2n) is 7.03. The molecule has 3 aromatic rings. The van der Waals surface area contributed by atoms with Crippen molar-refractivity contribution >= 4 is 22.5 Å². The van der Waals surface area contributed by atoms with Gasteiger partial charge in [-0.2, -0.15) is 18.3 Å². The number of pyridine rings is 1. The first kappa shape index (κ1) is 21.8. The van der Waals surface area contributed by atoms with Crippen molar-refractivity contribution in [3.05, 3.63) is 54.0 Å². The number of halogens is 3. The Morgan fingerprint density at radius 3 is 2.53 bits per heavy atom. The third-order valence-electron chi connectivity index (χ3n) is 5.00. The summed E-state index contributed by atoms with van der Waals surface area (Å²) in [5.41, 5.74) is -0.0714. The molecule has 160 valence electrons. The maximum absolute atomic E-state index is 12.8. The number of rotatable bonds is 3. The van der Waals surface area contributed by atoms with Gasteiger partial charge < -0.3 is 5.32 Å². The van der Waals surface area contributed by atoms with Crippen molar-refractivity contribution < 1.29 is 18.0 Å². The van der Waals surface area contributed by atoms with Crippen LogP contribution in [-0.4, -0.2) is 20.7 Å². The van der Waals surface area contributed by atoms with Crippen LogP contribution >= 0.6 is 0 Å². The minimum absolute atomic E-state index is 0.284. The van der Waals surface area contributed by atoms with E-state index in [4.69, 9.17) is 0 Å². The summed E-state index contributed by atoms with van der Waals surface area (Å²) in [5.74, 6) is -0.690. The zero-order chi connectivity index (χ0) is 21.7. The molecule has 0 spiro atoms. The standard InChI is InChI=1S/C20H19F3N4O.C2H6/c21-20(22,23)18-8-4-7-17(25-18)19(28)24-14-9-10-16-13(11-14)12-27(26-16)15-5-2-1-3-6-15;1-2/h4,7-12,15H,1-3,5-6H2,(H,24,28);1-2H3. The summed E-state index contributed by atoms with van der Waals surface area (Å²) < 4.78 is 40.3. The zero-order valence-electron chi connectivity index (χ0n) is 17.0. The molecule has 2 heterocycles. The quantitative estimate of drug-likeness (QED) is 0.548. The molecule has 1 saturated carbocycles. The Morgan fingerprint density at radius 1 is 1.10 bits per heavy atom. The molecule has 30 heavy (non-hydrogen) atoms. The lowest BCUT2D eigenvalue weighted by Gasteiger charge is -2.21. The lowest BCUT2D eigenvalue weighted by atomic mass is 9.96. The molecule has 0 radical (unpaired) electrons. The molecular formula is C22H25F3N4O. The molecule has 1 aliphatic carbocycles. The molecule has 1 N–H and O–H groups in total. The van der Waals surface area contributed by atoms with Gasteiger partial charge in [-0.05, 0) is 43.2 Å². The average Bonchev–Trinajstić information content (AvgIpc) is 3.19. The molecule has 0 unspecified atom stereocenters. The van der Waals surface area contributed by atoms with E-state index in [0.717, 1.165) is 29.8 Å². The highest BCUT2D eigenvalue weighted by atomic mass is 19.4. The van der Waals surface area contributed by atoms with Crippen molar-refractivity contribution in [3.63, 3.8) is 0 Å². The van der Waals surface area contributed by atoms with Crippen molar-refractivity contribution in [2.45, 2.75) is 58.2 Å². The molecule has 0 atom stereocenters. The molecule has 5 nitrogen and oxygen atoms in total. The molecule has 1 aromatic carbocycles. The van der Waals surface area contributed by atoms with E-state index in [1.165, 1.54) is 31.4 Å². The van der Waals surface area contributed by atoms with Crippen LogP contribution in [-0.2, 0) is 6.18 Å². The normalized spacial score (nSPS) is 14.8. The van der Waals surface area contributed by atoms with Crippen LogP contribution in [0.5, 0.6) is 0 Å². The summed E-state index contributed by atoms with van der Waals surface area (Å²) in [6, 6.07) is 8.91. The van der Waals surface area contributed by atoms with E-state index in [-0.39, 0.29) is 5.69 Å². The van der Waals surface area contributed by atoms with Gasteiger partial charge >= 0.3 is 6.18 Å². The molecule has 0 saturated heterocycles. The zero-order valence-corrected chi connectivity index (χ0v) is 17.0. The lowest BCUT2D eigenvalue weighted by molar-refractivity contribution is -0.141. The summed E-state index contributed by atoms with van der Waals surface area (Å²) in [6.07, 6.45) is 3.25. The third-order valence-corrected chi connectivity index (χ3v) is 5.00. The summed E-state index contributed by atoms with van der Waals surface area (Å²) in [4.78, 5) is 15.7. The summed E-state index contributed by atoms with van der Waals surface area (Å²) in [7, 11) is 0. The molecular weight excluding hydrogens is 393 g/mol. The summed E-state index contributed by atoms with van der Waals surface area (Å²) >= 11 is 0. The first-order chi connectivity index (χ1) is 14.4. The Kier molecular flexibility index (Phi) is 6.74. The fourth-order valence-electron chi connectivity index (χ4n) is 3.57. The predicted octanol–water partition coefficient (Wildman–Crippen LogP) is 6.23. The van der Waals surface area contributed by atoms with Crippen LogP contribution in [0.1, 0.15) is 68.2 Å². The number of hydrogen-bond donors (Lipinski definition) is 1. The number of benzene rings is 1. The van der Waals surface area contributed by atoms with Crippen LogP contribution < -0.4 is 5.32 Å². The number of carbonyl (C=O) groups excluding carboxylic acids is 1. The highest BCUT2D eigenvalue weighted by Crippen LogP contribution is 2.30. The van der Waals surface area contributed by atoms with Crippen LogP contribution in [0.4, 0.5) is 18.9 Å². The average molecular weight is 418 g/mol. The number of aromatic nitrogens is 3. The van der Waals surface area contributed by atoms with Gasteiger partial charge in [0, 0.05) is 17.3 Å². The van der Waals surface area contributed by atoms with E-state index in [1.54, 1.807) is 18.2 Å². The van der Waals surface area contributed by atoms with Crippen molar-refractivity contribution in [2.75, 3.05) is 5.32 Å². The van der Waals surface area contributed by atoms with Crippen molar-refractivity contribution in [1.29, 1.82) is 0 Å². The Labute approximate surface area is 173 Å². The molecule has 1 amide bonds. The van der Waals surface area contributed by atoms with Gasteiger partial charge in [-0.1, -0.05) is 39.2 Å². The smallest absolute Gasteiger partial charge is 0.321 e. The van der Waals surface area contributed by atoms with Gasteiger partial charge in [0.2, 0.25) is 0 Å². The van der Waals surface area contributed by atoms with Crippen LogP contribution in [0.2, 0.25) is 0 Å². The minimum atomic E-state index is -4.59. The number of anilines is 1. The van der Waals surface area contributed by atoms with Crippen molar-refractivity contribution in [1.82, 2.24) is 14.8 Å². The first-order valence-electron chi connectivity index (χ1n) is 10.2. The number of nitrogens with one attached hydrogen (secondary N) is 1. The monoisotopic (exact) mass is 418 g/mol. The van der Waals surface area contributed by atoms with E-state index >= 15 is 0 Å². The number of carbonyl (C=O) groups is 1. The Balaban J connectivity index is 0.00000124. The van der Waals surface area contributed by atoms with Crippen molar-refractivity contribution in [3.8, 4) is 0 Å². The number of hydrogen-bond acceptors (Lipinski definition) is 3. The second-order valence-corrected chi connectivity index (χ2v) is 7.03. The van der Waals surface area contributed by atoms with Gasteiger partial charge in [-0.15, -0.1) is 0 Å². The lowest BCUT2D eigenvalue weighted by Crippen LogP contribution is -2.16. The predicted molar refractivity (Wildman–Crippen MR) is 110 cm³/mol. The molecule has 1 aliphatic rings. The summed E-state index contributed by atoms with van der Waals surface area (Å²) in [5, 5.41) is 8.11. The molecule has 1 fully saturated rings. The number of alkyl halides is 3. The van der Waals surface area contributed by atoms with E-state index in [1.807, 2.05) is 24.7 Å². The first-order valence-corrected chi connectivity index (χ1v) is 10.2.